The van der Waals surface area contributed by atoms with E-state index in [-0.39, 0.29) is 0 Å². The minimum atomic E-state index is 0.753. The average Bonchev–Trinajstić information content (AvgIpc) is 2.34. The van der Waals surface area contributed by atoms with E-state index in [9.17, 15) is 0 Å². The van der Waals surface area contributed by atoms with E-state index in [1.165, 1.54) is 0 Å². The van der Waals surface area contributed by atoms with Gasteiger partial charge in [-0.3, -0.25) is 0 Å². The van der Waals surface area contributed by atoms with Crippen molar-refractivity contribution in [2.24, 2.45) is 0 Å². The molecular formula is C14H10Cl2. The molecule has 0 heterocycles. The summed E-state index contributed by atoms with van der Waals surface area (Å²) in [4.78, 5) is 0. The molecule has 0 N–H and O–H groups in total. The lowest BCUT2D eigenvalue weighted by Crippen LogP contribution is -1.76. The van der Waals surface area contributed by atoms with Crippen LogP contribution in [-0.4, -0.2) is 0 Å². The zero-order valence-corrected chi connectivity index (χ0v) is 10.0. The van der Waals surface area contributed by atoms with Gasteiger partial charge in [-0.05, 0) is 35.4 Å². The summed E-state index contributed by atoms with van der Waals surface area (Å²) in [5, 5.41) is 1.51. The molecule has 2 heteroatoms. The number of rotatable bonds is 1. The number of hydrogen-bond donors (Lipinski definition) is 0. The summed E-state index contributed by atoms with van der Waals surface area (Å²) in [6.45, 7) is 0. The van der Waals surface area contributed by atoms with Gasteiger partial charge in [0.1, 0.15) is 0 Å². The quantitative estimate of drug-likeness (QED) is 0.630. The highest BCUT2D eigenvalue weighted by Gasteiger charge is 1.96. The summed E-state index contributed by atoms with van der Waals surface area (Å²) in [5.74, 6) is 0. The van der Waals surface area contributed by atoms with Gasteiger partial charge in [0.25, 0.3) is 0 Å². The zero-order valence-electron chi connectivity index (χ0n) is 8.53. The minimum absolute atomic E-state index is 0.753. The third kappa shape index (κ3) is 3.31. The van der Waals surface area contributed by atoms with Gasteiger partial charge in [0.05, 0.1) is 0 Å². The first-order chi connectivity index (χ1) is 7.75. The molecule has 2 aromatic rings. The Labute approximate surface area is 106 Å². The van der Waals surface area contributed by atoms with E-state index in [2.05, 4.69) is 12.8 Å². The van der Waals surface area contributed by atoms with Crippen molar-refractivity contribution < 1.29 is 0 Å². The minimum Gasteiger partial charge on any atom is -0.124 e. The van der Waals surface area contributed by atoms with Crippen LogP contribution in [0.2, 0.25) is 10.0 Å². The highest BCUT2D eigenvalue weighted by Crippen LogP contribution is 2.22. The molecule has 0 saturated carbocycles. The van der Waals surface area contributed by atoms with E-state index in [4.69, 9.17) is 23.2 Å². The normalized spacial score (nSPS) is 9.00. The van der Waals surface area contributed by atoms with Crippen molar-refractivity contribution in [1.82, 2.24) is 0 Å². The summed E-state index contributed by atoms with van der Waals surface area (Å²) in [7, 11) is 0. The molecule has 0 nitrogen and oxygen atoms in total. The Morgan fingerprint density at radius 1 is 0.562 bits per heavy atom. The van der Waals surface area contributed by atoms with Crippen LogP contribution >= 0.6 is 23.2 Å². The van der Waals surface area contributed by atoms with Crippen molar-refractivity contribution in [2.75, 3.05) is 0 Å². The standard InChI is InChI=1S/C12H8Cl2.C2H2/c13-11-5-1-9(2-6-11)10-3-7-12(14)8-4-10;1-2/h1-8H;1-2H. The van der Waals surface area contributed by atoms with E-state index in [1.54, 1.807) is 0 Å². The molecule has 0 aliphatic rings. The Bertz CT molecular complexity index is 409. The molecule has 0 unspecified atom stereocenters. The maximum absolute atomic E-state index is 5.80. The Morgan fingerprint density at radius 2 is 0.812 bits per heavy atom. The molecule has 0 atom stereocenters. The highest BCUT2D eigenvalue weighted by atomic mass is 35.5. The van der Waals surface area contributed by atoms with E-state index in [1.807, 2.05) is 48.5 Å². The molecule has 0 amide bonds. The average molecular weight is 249 g/mol. The van der Waals surface area contributed by atoms with Crippen LogP contribution in [-0.2, 0) is 0 Å². The van der Waals surface area contributed by atoms with Crippen LogP contribution in [0.4, 0.5) is 0 Å². The topological polar surface area (TPSA) is 0 Å². The van der Waals surface area contributed by atoms with Gasteiger partial charge in [0, 0.05) is 10.0 Å². The molecule has 80 valence electrons. The highest BCUT2D eigenvalue weighted by molar-refractivity contribution is 6.31. The molecule has 2 rings (SSSR count). The summed E-state index contributed by atoms with van der Waals surface area (Å²) in [5.41, 5.74) is 2.29. The van der Waals surface area contributed by atoms with Gasteiger partial charge in [-0.1, -0.05) is 47.5 Å². The molecule has 0 bridgehead atoms. The van der Waals surface area contributed by atoms with Gasteiger partial charge < -0.3 is 0 Å². The van der Waals surface area contributed by atoms with Crippen LogP contribution in [0.25, 0.3) is 11.1 Å². The second kappa shape index (κ2) is 6.23. The third-order valence-electron chi connectivity index (χ3n) is 2.02. The largest absolute Gasteiger partial charge is 0.124 e. The van der Waals surface area contributed by atoms with Gasteiger partial charge in [-0.15, -0.1) is 12.8 Å². The Hall–Kier alpha value is -1.42. The lowest BCUT2D eigenvalue weighted by Gasteiger charge is -2.01. The van der Waals surface area contributed by atoms with Crippen molar-refractivity contribution >= 4 is 23.2 Å². The predicted molar refractivity (Wildman–Crippen MR) is 71.8 cm³/mol. The van der Waals surface area contributed by atoms with Gasteiger partial charge >= 0.3 is 0 Å². The van der Waals surface area contributed by atoms with Crippen molar-refractivity contribution in [2.45, 2.75) is 0 Å². The van der Waals surface area contributed by atoms with Crippen molar-refractivity contribution in [1.29, 1.82) is 0 Å². The zero-order chi connectivity index (χ0) is 12.0. The Kier molecular flexibility index (Phi) is 4.92. The second-order valence-corrected chi connectivity index (χ2v) is 3.89. The van der Waals surface area contributed by atoms with Crippen LogP contribution in [0.3, 0.4) is 0 Å². The van der Waals surface area contributed by atoms with E-state index in [0.717, 1.165) is 21.2 Å². The fourth-order valence-corrected chi connectivity index (χ4v) is 1.54. The van der Waals surface area contributed by atoms with Gasteiger partial charge in [0.2, 0.25) is 0 Å². The first kappa shape index (κ1) is 12.6. The Balaban J connectivity index is 0.000000606. The maximum atomic E-state index is 5.80. The van der Waals surface area contributed by atoms with Crippen LogP contribution in [0.5, 0.6) is 0 Å². The third-order valence-corrected chi connectivity index (χ3v) is 2.53. The van der Waals surface area contributed by atoms with Crippen molar-refractivity contribution in [3.63, 3.8) is 0 Å². The molecule has 0 radical (unpaired) electrons. The lowest BCUT2D eigenvalue weighted by molar-refractivity contribution is 1.62. The smallest absolute Gasteiger partial charge is 0.0406 e. The van der Waals surface area contributed by atoms with E-state index >= 15 is 0 Å². The first-order valence-corrected chi connectivity index (χ1v) is 5.36. The lowest BCUT2D eigenvalue weighted by atomic mass is 10.1. The maximum Gasteiger partial charge on any atom is 0.0406 e. The van der Waals surface area contributed by atoms with Crippen molar-refractivity contribution in [3.05, 3.63) is 58.6 Å². The monoisotopic (exact) mass is 248 g/mol. The van der Waals surface area contributed by atoms with Crippen LogP contribution < -0.4 is 0 Å². The number of benzene rings is 2. The second-order valence-electron chi connectivity index (χ2n) is 3.01. The van der Waals surface area contributed by atoms with Gasteiger partial charge in [-0.2, -0.15) is 0 Å². The summed E-state index contributed by atoms with van der Waals surface area (Å²) < 4.78 is 0. The van der Waals surface area contributed by atoms with E-state index < -0.39 is 0 Å². The molecular weight excluding hydrogens is 239 g/mol. The summed E-state index contributed by atoms with van der Waals surface area (Å²) in [6.07, 6.45) is 8.00. The van der Waals surface area contributed by atoms with Crippen LogP contribution in [0.15, 0.2) is 48.5 Å². The fourth-order valence-electron chi connectivity index (χ4n) is 1.28. The molecule has 0 aromatic heterocycles. The van der Waals surface area contributed by atoms with Crippen LogP contribution in [0.1, 0.15) is 0 Å². The first-order valence-electron chi connectivity index (χ1n) is 4.60. The predicted octanol–water partition coefficient (Wildman–Crippen LogP) is 4.91. The molecule has 16 heavy (non-hydrogen) atoms. The summed E-state index contributed by atoms with van der Waals surface area (Å²) >= 11 is 11.6. The Morgan fingerprint density at radius 3 is 1.06 bits per heavy atom. The van der Waals surface area contributed by atoms with Gasteiger partial charge in [0.15, 0.2) is 0 Å². The number of hydrogen-bond acceptors (Lipinski definition) is 0. The number of halogens is 2. The molecule has 0 aliphatic heterocycles. The summed E-state index contributed by atoms with van der Waals surface area (Å²) in [6, 6.07) is 15.5. The van der Waals surface area contributed by atoms with Gasteiger partial charge in [-0.25, -0.2) is 0 Å². The van der Waals surface area contributed by atoms with E-state index in [0.29, 0.717) is 0 Å². The van der Waals surface area contributed by atoms with Crippen molar-refractivity contribution in [3.8, 4) is 24.0 Å². The number of terminal acetylenes is 1. The molecule has 0 aliphatic carbocycles. The van der Waals surface area contributed by atoms with Crippen LogP contribution in [0, 0.1) is 12.8 Å². The molecule has 0 spiro atoms. The molecule has 2 aromatic carbocycles. The fraction of sp³-hybridized carbons (Fsp3) is 0. The molecule has 0 fully saturated rings. The SMILES string of the molecule is C#C.Clc1ccc(-c2ccc(Cl)cc2)cc1. The molecule has 0 saturated heterocycles.